The molecule has 0 aliphatic heterocycles. The Morgan fingerprint density at radius 3 is 1.45 bits per heavy atom. The summed E-state index contributed by atoms with van der Waals surface area (Å²) in [5.41, 5.74) is 6.10. The molecule has 6 atom stereocenters. The molecule has 13 N–H and O–H groups in total. The van der Waals surface area contributed by atoms with E-state index in [9.17, 15) is 63.6 Å². The van der Waals surface area contributed by atoms with Crippen molar-refractivity contribution >= 4 is 53.4 Å². The van der Waals surface area contributed by atoms with Crippen LogP contribution in [0.15, 0.2) is 24.3 Å². The van der Waals surface area contributed by atoms with Crippen molar-refractivity contribution in [3.8, 4) is 5.75 Å². The molecule has 6 unspecified atom stereocenters. The van der Waals surface area contributed by atoms with Crippen molar-refractivity contribution in [2.45, 2.75) is 95.0 Å². The number of aromatic hydroxyl groups is 1. The third-order valence-electron chi connectivity index (χ3n) is 7.62. The van der Waals surface area contributed by atoms with E-state index in [0.717, 1.165) is 0 Å². The summed E-state index contributed by atoms with van der Waals surface area (Å²) in [6, 6.07) is -3.96. The smallest absolute Gasteiger partial charge is 0.326 e. The van der Waals surface area contributed by atoms with E-state index in [1.165, 1.54) is 38.1 Å². The fraction of sp³-hybridized carbons (Fsp3) is 0.531. The number of aliphatic hydroxyl groups excluding tert-OH is 1. The number of carboxylic acids is 4. The van der Waals surface area contributed by atoms with E-state index in [4.69, 9.17) is 15.9 Å². The van der Waals surface area contributed by atoms with Gasteiger partial charge in [0.25, 0.3) is 0 Å². The highest BCUT2D eigenvalue weighted by Gasteiger charge is 2.34. The van der Waals surface area contributed by atoms with Crippen LogP contribution in [-0.2, 0) is 49.6 Å². The number of aliphatic hydroxyl groups is 1. The van der Waals surface area contributed by atoms with Crippen LogP contribution in [0.25, 0.3) is 0 Å². The molecule has 1 rings (SSSR count). The number of benzene rings is 1. The third-order valence-corrected chi connectivity index (χ3v) is 7.62. The van der Waals surface area contributed by atoms with Gasteiger partial charge >= 0.3 is 23.9 Å². The van der Waals surface area contributed by atoms with Gasteiger partial charge in [0.1, 0.15) is 36.0 Å². The summed E-state index contributed by atoms with van der Waals surface area (Å²) in [4.78, 5) is 111. The van der Waals surface area contributed by atoms with Crippen molar-refractivity contribution in [3.63, 3.8) is 0 Å². The van der Waals surface area contributed by atoms with Crippen molar-refractivity contribution in [1.29, 1.82) is 0 Å². The van der Waals surface area contributed by atoms with E-state index >= 15 is 0 Å². The minimum Gasteiger partial charge on any atom is -0.508 e. The molecular weight excluding hydrogens is 708 g/mol. The number of phenolic OH excluding ortho intramolecular Hbond substituents is 1. The summed E-state index contributed by atoms with van der Waals surface area (Å²) in [6.07, 6.45) is -3.26. The number of amides is 5. The zero-order valence-corrected chi connectivity index (χ0v) is 28.9. The molecule has 53 heavy (non-hydrogen) atoms. The topological polar surface area (TPSA) is 361 Å². The molecule has 0 radical (unpaired) electrons. The first-order valence-corrected chi connectivity index (χ1v) is 16.3. The first-order valence-electron chi connectivity index (χ1n) is 16.3. The Hall–Kier alpha value is -5.83. The Bertz CT molecular complexity index is 1490. The number of carbonyl (C=O) groups is 9. The van der Waals surface area contributed by atoms with E-state index in [1.807, 2.05) is 0 Å². The van der Waals surface area contributed by atoms with Crippen molar-refractivity contribution in [2.75, 3.05) is 6.61 Å². The minimum atomic E-state index is -1.79. The molecule has 0 aliphatic carbocycles. The fourth-order valence-corrected chi connectivity index (χ4v) is 4.62. The van der Waals surface area contributed by atoms with Gasteiger partial charge in [0, 0.05) is 25.7 Å². The second-order valence-corrected chi connectivity index (χ2v) is 12.3. The van der Waals surface area contributed by atoms with Gasteiger partial charge in [0.05, 0.1) is 12.6 Å². The van der Waals surface area contributed by atoms with Gasteiger partial charge < -0.3 is 63.0 Å². The van der Waals surface area contributed by atoms with Crippen molar-refractivity contribution in [2.24, 2.45) is 11.7 Å². The summed E-state index contributed by atoms with van der Waals surface area (Å²) in [7, 11) is 0. The summed E-state index contributed by atoms with van der Waals surface area (Å²) < 4.78 is 0. The second kappa shape index (κ2) is 22.2. The van der Waals surface area contributed by atoms with Gasteiger partial charge in [0.2, 0.25) is 29.5 Å². The summed E-state index contributed by atoms with van der Waals surface area (Å²) >= 11 is 0. The predicted molar refractivity (Wildman–Crippen MR) is 180 cm³/mol. The molecule has 0 bridgehead atoms. The molecule has 294 valence electrons. The van der Waals surface area contributed by atoms with E-state index < -0.39 is 134 Å². The molecule has 21 nitrogen and oxygen atoms in total. The van der Waals surface area contributed by atoms with E-state index in [0.29, 0.717) is 5.56 Å². The molecule has 0 aliphatic rings. The number of nitrogens with two attached hydrogens (primary N) is 1. The molecule has 0 saturated carbocycles. The molecule has 21 heteroatoms. The number of hydrogen-bond acceptors (Lipinski definition) is 12. The van der Waals surface area contributed by atoms with Crippen LogP contribution in [0.2, 0.25) is 0 Å². The molecule has 0 aromatic heterocycles. The second-order valence-electron chi connectivity index (χ2n) is 12.3. The molecule has 0 heterocycles. The van der Waals surface area contributed by atoms with Gasteiger partial charge in [0.15, 0.2) is 0 Å². The van der Waals surface area contributed by atoms with Crippen molar-refractivity contribution < 1.29 is 73.8 Å². The number of rotatable bonds is 24. The van der Waals surface area contributed by atoms with Crippen molar-refractivity contribution in [1.82, 2.24) is 26.6 Å². The molecule has 0 fully saturated rings. The number of carbonyl (C=O) groups excluding carboxylic acids is 5. The maximum Gasteiger partial charge on any atom is 0.326 e. The van der Waals surface area contributed by atoms with Gasteiger partial charge in [-0.3, -0.25) is 38.4 Å². The maximum absolute atomic E-state index is 13.3. The Morgan fingerprint density at radius 1 is 0.585 bits per heavy atom. The first kappa shape index (κ1) is 45.2. The molecular formula is C32H46N6O15. The first-order chi connectivity index (χ1) is 24.7. The number of hydrogen-bond donors (Lipinski definition) is 12. The molecule has 1 aromatic carbocycles. The Morgan fingerprint density at radius 2 is 1.00 bits per heavy atom. The van der Waals surface area contributed by atoms with Crippen LogP contribution >= 0.6 is 0 Å². The maximum atomic E-state index is 13.3. The highest BCUT2D eigenvalue weighted by molar-refractivity contribution is 5.96. The monoisotopic (exact) mass is 754 g/mol. The molecule has 1 aromatic rings. The van der Waals surface area contributed by atoms with Crippen LogP contribution < -0.4 is 32.3 Å². The Labute approximate surface area is 302 Å². The van der Waals surface area contributed by atoms with Gasteiger partial charge in [-0.05, 0) is 42.9 Å². The fourth-order valence-electron chi connectivity index (χ4n) is 4.62. The number of carboxylic acid groups (broad SMARTS) is 4. The lowest BCUT2D eigenvalue weighted by Gasteiger charge is -2.28. The van der Waals surface area contributed by atoms with Crippen LogP contribution in [0.4, 0.5) is 0 Å². The number of phenols is 1. The average Bonchev–Trinajstić information content (AvgIpc) is 3.08. The van der Waals surface area contributed by atoms with E-state index in [1.54, 1.807) is 0 Å². The summed E-state index contributed by atoms with van der Waals surface area (Å²) in [5.74, 6) is -11.5. The normalized spacial score (nSPS) is 14.3. The predicted octanol–water partition coefficient (Wildman–Crippen LogP) is -2.99. The lowest BCUT2D eigenvalue weighted by atomic mass is 10.0. The van der Waals surface area contributed by atoms with E-state index in [2.05, 4.69) is 26.6 Å². The molecule has 0 saturated heterocycles. The van der Waals surface area contributed by atoms with Gasteiger partial charge in [-0.2, -0.15) is 0 Å². The summed E-state index contributed by atoms with van der Waals surface area (Å²) in [5, 5.41) is 67.4. The van der Waals surface area contributed by atoms with Gasteiger partial charge in [-0.25, -0.2) is 4.79 Å². The zero-order chi connectivity index (χ0) is 40.4. The van der Waals surface area contributed by atoms with Gasteiger partial charge in [-0.1, -0.05) is 26.0 Å². The standard InChI is InChI=1S/C32H46N6O15/c1-15(2)26(38-29(49)20(9-12-25(45)46)34-27(47)18(33)7-10-23(41)42)31(51)37-22(14-39)30(50)35-19(8-11-24(43)44)28(48)36-21(32(52)53)13-16-3-5-17(40)6-4-16/h3-6,15,18-22,26,39-40H,7-14,33H2,1-2H3,(H,34,47)(H,35,50)(H,36,48)(H,37,51)(H,38,49)(H,41,42)(H,43,44)(H,45,46)(H,52,53). The number of nitrogens with one attached hydrogen (secondary N) is 5. The summed E-state index contributed by atoms with van der Waals surface area (Å²) in [6.45, 7) is 1.90. The lowest BCUT2D eigenvalue weighted by molar-refractivity contribution is -0.143. The highest BCUT2D eigenvalue weighted by Crippen LogP contribution is 2.12. The average molecular weight is 755 g/mol. The van der Waals surface area contributed by atoms with Crippen LogP contribution in [0.1, 0.15) is 57.9 Å². The van der Waals surface area contributed by atoms with Crippen LogP contribution in [-0.4, -0.2) is 127 Å². The minimum absolute atomic E-state index is 0.0888. The molecule has 0 spiro atoms. The Balaban J connectivity index is 3.13. The van der Waals surface area contributed by atoms with Crippen LogP contribution in [0.3, 0.4) is 0 Å². The quantitative estimate of drug-likeness (QED) is 0.0501. The zero-order valence-electron chi connectivity index (χ0n) is 28.9. The van der Waals surface area contributed by atoms with Crippen LogP contribution in [0, 0.1) is 5.92 Å². The molecule has 5 amide bonds. The van der Waals surface area contributed by atoms with E-state index in [-0.39, 0.29) is 18.6 Å². The van der Waals surface area contributed by atoms with Crippen molar-refractivity contribution in [3.05, 3.63) is 29.8 Å². The highest BCUT2D eigenvalue weighted by atomic mass is 16.4. The lowest BCUT2D eigenvalue weighted by Crippen LogP contribution is -2.61. The largest absolute Gasteiger partial charge is 0.508 e. The SMILES string of the molecule is CC(C)C(NC(=O)C(CCC(=O)O)NC(=O)C(N)CCC(=O)O)C(=O)NC(CO)C(=O)NC(CCC(=O)O)C(=O)NC(Cc1ccc(O)cc1)C(=O)O. The Kier molecular flexibility index (Phi) is 18.9. The van der Waals surface area contributed by atoms with Crippen LogP contribution in [0.5, 0.6) is 5.75 Å². The number of aliphatic carboxylic acids is 4. The third kappa shape index (κ3) is 16.8. The van der Waals surface area contributed by atoms with Gasteiger partial charge in [-0.15, -0.1) is 0 Å².